The van der Waals surface area contributed by atoms with Gasteiger partial charge in [0, 0.05) is 17.1 Å². The Kier molecular flexibility index (Phi) is 3.84. The molecule has 2 fully saturated rings. The second-order valence-corrected chi connectivity index (χ2v) is 8.32. The molecule has 3 amide bonds. The van der Waals surface area contributed by atoms with Gasteiger partial charge in [0.2, 0.25) is 0 Å². The SMILES string of the molecule is O=C1[C@@H]2[C@H](C(=O)N1N(C(=O)c1ccccc1)c1cccc3cccnc13)[C@H]1C=C[C@@H]2C1. The highest BCUT2D eigenvalue weighted by Crippen LogP contribution is 2.53. The number of hydrogen-bond acceptors (Lipinski definition) is 4. The van der Waals surface area contributed by atoms with Crippen molar-refractivity contribution >= 4 is 34.3 Å². The van der Waals surface area contributed by atoms with E-state index in [1.54, 1.807) is 36.5 Å². The molecule has 0 spiro atoms. The van der Waals surface area contributed by atoms with Gasteiger partial charge in [-0.2, -0.15) is 5.01 Å². The van der Waals surface area contributed by atoms with Gasteiger partial charge in [0.15, 0.2) is 0 Å². The van der Waals surface area contributed by atoms with Crippen LogP contribution in [0.2, 0.25) is 0 Å². The quantitative estimate of drug-likeness (QED) is 0.490. The zero-order valence-electron chi connectivity index (χ0n) is 16.6. The van der Waals surface area contributed by atoms with Crippen molar-refractivity contribution in [2.45, 2.75) is 6.42 Å². The molecular weight excluding hydrogens is 390 g/mol. The van der Waals surface area contributed by atoms with Crippen molar-refractivity contribution in [1.29, 1.82) is 0 Å². The fraction of sp³-hybridized carbons (Fsp3) is 0.200. The van der Waals surface area contributed by atoms with E-state index in [0.29, 0.717) is 16.8 Å². The number of hydrazine groups is 1. The lowest BCUT2D eigenvalue weighted by Crippen LogP contribution is -2.51. The highest BCUT2D eigenvalue weighted by Gasteiger charge is 2.61. The molecule has 2 heterocycles. The number of fused-ring (bicyclic) bond motifs is 6. The Balaban J connectivity index is 1.53. The van der Waals surface area contributed by atoms with Gasteiger partial charge in [0.05, 0.1) is 23.0 Å². The number of anilines is 1. The molecule has 6 rings (SSSR count). The van der Waals surface area contributed by atoms with E-state index in [-0.39, 0.29) is 23.7 Å². The molecule has 1 aromatic heterocycles. The summed E-state index contributed by atoms with van der Waals surface area (Å²) in [5, 5.41) is 3.15. The minimum atomic E-state index is -0.430. The molecule has 0 radical (unpaired) electrons. The van der Waals surface area contributed by atoms with Crippen molar-refractivity contribution in [2.24, 2.45) is 23.7 Å². The predicted molar refractivity (Wildman–Crippen MR) is 115 cm³/mol. The molecule has 0 N–H and O–H groups in total. The molecule has 3 aromatic rings. The third-order valence-electron chi connectivity index (χ3n) is 6.70. The molecular formula is C25H19N3O3. The smallest absolute Gasteiger partial charge is 0.272 e. The summed E-state index contributed by atoms with van der Waals surface area (Å²) in [7, 11) is 0. The predicted octanol–water partition coefficient (Wildman–Crippen LogP) is 3.60. The van der Waals surface area contributed by atoms with Crippen LogP contribution in [0.1, 0.15) is 16.8 Å². The van der Waals surface area contributed by atoms with E-state index in [1.807, 2.05) is 42.5 Å². The first kappa shape index (κ1) is 18.0. The van der Waals surface area contributed by atoms with Crippen LogP contribution >= 0.6 is 0 Å². The Bertz CT molecular complexity index is 1230. The van der Waals surface area contributed by atoms with Gasteiger partial charge in [-0.05, 0) is 42.5 Å². The number of aromatic nitrogens is 1. The molecule has 3 aliphatic rings. The second kappa shape index (κ2) is 6.60. The number of amides is 3. The maximum absolute atomic E-state index is 13.7. The minimum Gasteiger partial charge on any atom is -0.272 e. The summed E-state index contributed by atoms with van der Waals surface area (Å²) in [5.74, 6) is -1.69. The highest BCUT2D eigenvalue weighted by atomic mass is 16.2. The van der Waals surface area contributed by atoms with Gasteiger partial charge < -0.3 is 0 Å². The van der Waals surface area contributed by atoms with E-state index >= 15 is 0 Å². The zero-order chi connectivity index (χ0) is 21.1. The first-order chi connectivity index (χ1) is 15.1. The van der Waals surface area contributed by atoms with E-state index in [4.69, 9.17) is 0 Å². The lowest BCUT2D eigenvalue weighted by molar-refractivity contribution is -0.141. The largest absolute Gasteiger partial charge is 0.277 e. The average Bonchev–Trinajstić information content (AvgIpc) is 3.50. The van der Waals surface area contributed by atoms with Crippen molar-refractivity contribution < 1.29 is 14.4 Å². The van der Waals surface area contributed by atoms with E-state index in [0.717, 1.165) is 16.8 Å². The summed E-state index contributed by atoms with van der Waals surface area (Å²) in [4.78, 5) is 45.2. The Morgan fingerprint density at radius 1 is 0.871 bits per heavy atom. The van der Waals surface area contributed by atoms with Crippen LogP contribution in [0.4, 0.5) is 5.69 Å². The maximum atomic E-state index is 13.7. The molecule has 1 saturated carbocycles. The van der Waals surface area contributed by atoms with Crippen LogP contribution in [0, 0.1) is 23.7 Å². The summed E-state index contributed by atoms with van der Waals surface area (Å²) in [6.07, 6.45) is 6.57. The minimum absolute atomic E-state index is 0.0655. The van der Waals surface area contributed by atoms with Crippen LogP contribution in [-0.4, -0.2) is 27.7 Å². The van der Waals surface area contributed by atoms with Crippen molar-refractivity contribution in [2.75, 3.05) is 5.01 Å². The number of imide groups is 1. The van der Waals surface area contributed by atoms with Gasteiger partial charge in [0.25, 0.3) is 17.7 Å². The standard InChI is InChI=1S/C25H19N3O3/c29-23(16-6-2-1-3-7-16)27(19-10-4-8-15-9-5-13-26-22(15)19)28-24(30)20-17-11-12-18(14-17)21(20)25(28)31/h1-13,17-18,20-21H,14H2/t17-,18+,20+,21-. The Labute approximate surface area is 178 Å². The van der Waals surface area contributed by atoms with E-state index in [2.05, 4.69) is 4.98 Å². The molecule has 6 heteroatoms. The van der Waals surface area contributed by atoms with Gasteiger partial charge in [0.1, 0.15) is 0 Å². The van der Waals surface area contributed by atoms with Crippen LogP contribution < -0.4 is 5.01 Å². The Hall–Kier alpha value is -3.80. The summed E-state index contributed by atoms with van der Waals surface area (Å²) in [6.45, 7) is 0. The van der Waals surface area contributed by atoms with Gasteiger partial charge in [-0.25, -0.2) is 5.01 Å². The fourth-order valence-corrected chi connectivity index (χ4v) is 5.35. The summed E-state index contributed by atoms with van der Waals surface area (Å²) < 4.78 is 0. The van der Waals surface area contributed by atoms with Crippen molar-refractivity contribution in [3.63, 3.8) is 0 Å². The Morgan fingerprint density at radius 3 is 2.26 bits per heavy atom. The number of carbonyl (C=O) groups is 3. The van der Waals surface area contributed by atoms with Crippen LogP contribution in [0.15, 0.2) is 79.0 Å². The third-order valence-corrected chi connectivity index (χ3v) is 6.70. The molecule has 2 aliphatic carbocycles. The molecule has 1 aliphatic heterocycles. The fourth-order valence-electron chi connectivity index (χ4n) is 5.35. The van der Waals surface area contributed by atoms with Crippen LogP contribution in [-0.2, 0) is 9.59 Å². The van der Waals surface area contributed by atoms with Gasteiger partial charge in [-0.3, -0.25) is 19.4 Å². The molecule has 2 bridgehead atoms. The molecule has 31 heavy (non-hydrogen) atoms. The third kappa shape index (κ3) is 2.51. The number of allylic oxidation sites excluding steroid dienone is 2. The summed E-state index contributed by atoms with van der Waals surface area (Å²) in [6, 6.07) is 17.9. The van der Waals surface area contributed by atoms with Crippen molar-refractivity contribution in [3.8, 4) is 0 Å². The molecule has 152 valence electrons. The highest BCUT2D eigenvalue weighted by molar-refractivity contribution is 6.17. The average molecular weight is 409 g/mol. The number of carbonyl (C=O) groups excluding carboxylic acids is 3. The van der Waals surface area contributed by atoms with Crippen LogP contribution in [0.25, 0.3) is 10.9 Å². The van der Waals surface area contributed by atoms with Crippen LogP contribution in [0.3, 0.4) is 0 Å². The summed E-state index contributed by atoms with van der Waals surface area (Å²) >= 11 is 0. The van der Waals surface area contributed by atoms with Gasteiger partial charge >= 0.3 is 0 Å². The molecule has 1 saturated heterocycles. The number of pyridine rings is 1. The lowest BCUT2D eigenvalue weighted by Gasteiger charge is -2.31. The van der Waals surface area contributed by atoms with Crippen molar-refractivity contribution in [3.05, 3.63) is 84.6 Å². The normalized spacial score (nSPS) is 26.0. The number of para-hydroxylation sites is 1. The molecule has 0 unspecified atom stereocenters. The van der Waals surface area contributed by atoms with E-state index in [9.17, 15) is 14.4 Å². The van der Waals surface area contributed by atoms with Crippen molar-refractivity contribution in [1.82, 2.24) is 9.99 Å². The summed E-state index contributed by atoms with van der Waals surface area (Å²) in [5.41, 5.74) is 1.39. The van der Waals surface area contributed by atoms with E-state index in [1.165, 1.54) is 5.01 Å². The topological polar surface area (TPSA) is 70.6 Å². The van der Waals surface area contributed by atoms with Gasteiger partial charge in [-0.1, -0.05) is 48.6 Å². The monoisotopic (exact) mass is 409 g/mol. The number of hydrogen-bond donors (Lipinski definition) is 0. The Morgan fingerprint density at radius 2 is 1.55 bits per heavy atom. The van der Waals surface area contributed by atoms with E-state index < -0.39 is 17.7 Å². The molecule has 2 aromatic carbocycles. The maximum Gasteiger partial charge on any atom is 0.277 e. The molecule has 4 atom stereocenters. The van der Waals surface area contributed by atoms with Gasteiger partial charge in [-0.15, -0.1) is 0 Å². The number of rotatable bonds is 3. The number of nitrogens with zero attached hydrogens (tertiary/aromatic N) is 3. The zero-order valence-corrected chi connectivity index (χ0v) is 16.6. The lowest BCUT2D eigenvalue weighted by atomic mass is 9.85. The second-order valence-electron chi connectivity index (χ2n) is 8.32. The first-order valence-corrected chi connectivity index (χ1v) is 10.4. The number of benzene rings is 2. The van der Waals surface area contributed by atoms with Crippen LogP contribution in [0.5, 0.6) is 0 Å². The molecule has 6 nitrogen and oxygen atoms in total. The first-order valence-electron chi connectivity index (χ1n) is 10.4.